The minimum absolute atomic E-state index is 0.469. The van der Waals surface area contributed by atoms with Crippen molar-refractivity contribution in [1.29, 1.82) is 0 Å². The van der Waals surface area contributed by atoms with Gasteiger partial charge in [-0.15, -0.1) is 0 Å². The van der Waals surface area contributed by atoms with Gasteiger partial charge in [-0.05, 0) is 23.8 Å². The van der Waals surface area contributed by atoms with Crippen molar-refractivity contribution in [3.8, 4) is 0 Å². The molecule has 0 fully saturated rings. The predicted molar refractivity (Wildman–Crippen MR) is 81.8 cm³/mol. The van der Waals surface area contributed by atoms with Crippen molar-refractivity contribution in [1.82, 2.24) is 10.3 Å². The molecule has 1 aromatic heterocycles. The first-order chi connectivity index (χ1) is 9.16. The summed E-state index contributed by atoms with van der Waals surface area (Å²) >= 11 is 7.76. The summed E-state index contributed by atoms with van der Waals surface area (Å²) < 4.78 is 0. The minimum Gasteiger partial charge on any atom is -0.310 e. The third-order valence-electron chi connectivity index (χ3n) is 2.60. The van der Waals surface area contributed by atoms with Gasteiger partial charge in [-0.25, -0.2) is 4.98 Å². The molecule has 2 aromatic rings. The van der Waals surface area contributed by atoms with Crippen LogP contribution in [0.25, 0.3) is 0 Å². The van der Waals surface area contributed by atoms with Crippen LogP contribution in [-0.2, 0) is 6.54 Å². The van der Waals surface area contributed by atoms with Gasteiger partial charge in [0.05, 0.1) is 5.02 Å². The smallest absolute Gasteiger partial charge is 0.119 e. The Balaban J connectivity index is 2.18. The Morgan fingerprint density at radius 2 is 2.00 bits per heavy atom. The summed E-state index contributed by atoms with van der Waals surface area (Å²) in [7, 11) is 0. The normalized spacial score (nSPS) is 10.9. The van der Waals surface area contributed by atoms with E-state index in [0.29, 0.717) is 11.1 Å². The Hall–Kier alpha value is -1.03. The number of halogens is 1. The number of hydrogen-bond acceptors (Lipinski definition) is 3. The molecule has 0 atom stereocenters. The lowest BCUT2D eigenvalue weighted by atomic mass is 10.2. The third-order valence-corrected chi connectivity index (χ3v) is 4.16. The van der Waals surface area contributed by atoms with Crippen molar-refractivity contribution < 1.29 is 0 Å². The molecular weight excluding hydrogens is 276 g/mol. The average Bonchev–Trinajstić information content (AvgIpc) is 2.40. The first kappa shape index (κ1) is 14.4. The molecule has 1 heterocycles. The van der Waals surface area contributed by atoms with Crippen molar-refractivity contribution in [3.05, 3.63) is 53.2 Å². The van der Waals surface area contributed by atoms with Crippen molar-refractivity contribution in [2.24, 2.45) is 0 Å². The van der Waals surface area contributed by atoms with Crippen LogP contribution in [-0.4, -0.2) is 11.0 Å². The van der Waals surface area contributed by atoms with Crippen molar-refractivity contribution in [2.75, 3.05) is 0 Å². The molecule has 1 N–H and O–H groups in total. The first-order valence-corrected chi connectivity index (χ1v) is 7.46. The van der Waals surface area contributed by atoms with Crippen LogP contribution in [0.15, 0.2) is 52.5 Å². The lowest BCUT2D eigenvalue weighted by molar-refractivity contribution is 0.585. The molecule has 0 saturated carbocycles. The zero-order chi connectivity index (χ0) is 13.7. The second-order valence-electron chi connectivity index (χ2n) is 4.54. The average molecular weight is 293 g/mol. The minimum atomic E-state index is 0.469. The van der Waals surface area contributed by atoms with E-state index in [0.717, 1.165) is 11.6 Å². The highest BCUT2D eigenvalue weighted by molar-refractivity contribution is 7.99. The lowest BCUT2D eigenvalue weighted by Gasteiger charge is -2.12. The number of pyridine rings is 1. The maximum absolute atomic E-state index is 6.16. The van der Waals surface area contributed by atoms with E-state index in [1.54, 1.807) is 18.0 Å². The molecule has 1 aromatic carbocycles. The molecule has 0 aliphatic rings. The quantitative estimate of drug-likeness (QED) is 0.885. The molecule has 0 bridgehead atoms. The number of rotatable bonds is 5. The summed E-state index contributed by atoms with van der Waals surface area (Å²) in [5.41, 5.74) is 1.27. The summed E-state index contributed by atoms with van der Waals surface area (Å²) in [5, 5.41) is 4.98. The van der Waals surface area contributed by atoms with Crippen LogP contribution >= 0.6 is 23.4 Å². The topological polar surface area (TPSA) is 24.9 Å². The Labute approximate surface area is 123 Å². The summed E-state index contributed by atoms with van der Waals surface area (Å²) in [6, 6.07) is 12.5. The Bertz CT molecular complexity index is 543. The molecule has 0 radical (unpaired) electrons. The van der Waals surface area contributed by atoms with Gasteiger partial charge in [0.15, 0.2) is 0 Å². The Morgan fingerprint density at radius 1 is 1.21 bits per heavy atom. The molecule has 4 heteroatoms. The maximum Gasteiger partial charge on any atom is 0.119 e. The highest BCUT2D eigenvalue weighted by Crippen LogP contribution is 2.33. The highest BCUT2D eigenvalue weighted by atomic mass is 35.5. The predicted octanol–water partition coefficient (Wildman–Crippen LogP) is 4.38. The van der Waals surface area contributed by atoms with Crippen LogP contribution in [0.1, 0.15) is 19.4 Å². The molecule has 0 aliphatic heterocycles. The van der Waals surface area contributed by atoms with E-state index in [9.17, 15) is 0 Å². The fourth-order valence-electron chi connectivity index (χ4n) is 1.61. The van der Waals surface area contributed by atoms with Gasteiger partial charge in [-0.2, -0.15) is 0 Å². The fourth-order valence-corrected chi connectivity index (χ4v) is 2.76. The SMILES string of the molecule is CC(C)NCc1ccccc1Sc1ncccc1Cl. The van der Waals surface area contributed by atoms with E-state index in [1.807, 2.05) is 18.2 Å². The molecular formula is C15H17ClN2S. The molecule has 100 valence electrons. The number of aromatic nitrogens is 1. The first-order valence-electron chi connectivity index (χ1n) is 6.26. The van der Waals surface area contributed by atoms with Gasteiger partial charge in [0.2, 0.25) is 0 Å². The van der Waals surface area contributed by atoms with Gasteiger partial charge in [-0.3, -0.25) is 0 Å². The van der Waals surface area contributed by atoms with Crippen molar-refractivity contribution in [2.45, 2.75) is 36.4 Å². The molecule has 0 spiro atoms. The number of nitrogens with zero attached hydrogens (tertiary/aromatic N) is 1. The molecule has 19 heavy (non-hydrogen) atoms. The van der Waals surface area contributed by atoms with E-state index < -0.39 is 0 Å². The summed E-state index contributed by atoms with van der Waals surface area (Å²) in [5.74, 6) is 0. The molecule has 2 nitrogen and oxygen atoms in total. The molecule has 0 amide bonds. The number of hydrogen-bond donors (Lipinski definition) is 1. The zero-order valence-corrected chi connectivity index (χ0v) is 12.6. The highest BCUT2D eigenvalue weighted by Gasteiger charge is 2.07. The standard InChI is InChI=1S/C15H17ClN2S/c1-11(2)18-10-12-6-3-4-8-14(12)19-15-13(16)7-5-9-17-15/h3-9,11,18H,10H2,1-2H3. The van der Waals surface area contributed by atoms with E-state index in [1.165, 1.54) is 10.5 Å². The van der Waals surface area contributed by atoms with Gasteiger partial charge in [0.25, 0.3) is 0 Å². The molecule has 2 rings (SSSR count). The maximum atomic E-state index is 6.16. The van der Waals surface area contributed by atoms with Crippen molar-refractivity contribution in [3.63, 3.8) is 0 Å². The molecule has 0 unspecified atom stereocenters. The lowest BCUT2D eigenvalue weighted by Crippen LogP contribution is -2.22. The Morgan fingerprint density at radius 3 is 2.74 bits per heavy atom. The molecule has 0 aliphatic carbocycles. The monoisotopic (exact) mass is 292 g/mol. The van der Waals surface area contributed by atoms with Crippen molar-refractivity contribution >= 4 is 23.4 Å². The van der Waals surface area contributed by atoms with Gasteiger partial charge < -0.3 is 5.32 Å². The van der Waals surface area contributed by atoms with E-state index in [-0.39, 0.29) is 0 Å². The molecule has 0 saturated heterocycles. The fraction of sp³-hybridized carbons (Fsp3) is 0.267. The van der Waals surface area contributed by atoms with E-state index in [4.69, 9.17) is 11.6 Å². The second kappa shape index (κ2) is 6.94. The van der Waals surface area contributed by atoms with Crippen LogP contribution in [0.5, 0.6) is 0 Å². The van der Waals surface area contributed by atoms with Gasteiger partial charge >= 0.3 is 0 Å². The summed E-state index contributed by atoms with van der Waals surface area (Å²) in [4.78, 5) is 5.51. The third kappa shape index (κ3) is 4.23. The number of benzene rings is 1. The van der Waals surface area contributed by atoms with Crippen LogP contribution < -0.4 is 5.32 Å². The second-order valence-corrected chi connectivity index (χ2v) is 5.97. The number of nitrogens with one attached hydrogen (secondary N) is 1. The summed E-state index contributed by atoms with van der Waals surface area (Å²) in [6.07, 6.45) is 1.77. The van der Waals surface area contributed by atoms with E-state index in [2.05, 4.69) is 42.3 Å². The van der Waals surface area contributed by atoms with E-state index >= 15 is 0 Å². The van der Waals surface area contributed by atoms with Gasteiger partial charge in [-0.1, -0.05) is 55.4 Å². The largest absolute Gasteiger partial charge is 0.310 e. The van der Waals surface area contributed by atoms with Gasteiger partial charge in [0, 0.05) is 23.7 Å². The van der Waals surface area contributed by atoms with Crippen LogP contribution in [0.4, 0.5) is 0 Å². The zero-order valence-electron chi connectivity index (χ0n) is 11.1. The van der Waals surface area contributed by atoms with Gasteiger partial charge in [0.1, 0.15) is 5.03 Å². The van der Waals surface area contributed by atoms with Crippen LogP contribution in [0.3, 0.4) is 0 Å². The Kier molecular flexibility index (Phi) is 5.25. The summed E-state index contributed by atoms with van der Waals surface area (Å²) in [6.45, 7) is 5.14. The van der Waals surface area contributed by atoms with Crippen LogP contribution in [0.2, 0.25) is 5.02 Å². The van der Waals surface area contributed by atoms with Crippen LogP contribution in [0, 0.1) is 0 Å².